The van der Waals surface area contributed by atoms with Crippen molar-refractivity contribution in [3.63, 3.8) is 0 Å². The van der Waals surface area contributed by atoms with E-state index < -0.39 is 0 Å². The first-order chi connectivity index (χ1) is 20.5. The fourth-order valence-corrected chi connectivity index (χ4v) is 6.53. The van der Waals surface area contributed by atoms with Crippen molar-refractivity contribution >= 4 is 52.6 Å². The van der Waals surface area contributed by atoms with Crippen LogP contribution in [0, 0.1) is 0 Å². The fourth-order valence-electron chi connectivity index (χ4n) is 5.25. The molecule has 0 saturated carbocycles. The summed E-state index contributed by atoms with van der Waals surface area (Å²) in [7, 11) is 1.66. The molecule has 4 aromatic carbocycles. The summed E-state index contributed by atoms with van der Waals surface area (Å²) in [6.45, 7) is 3.28. The van der Waals surface area contributed by atoms with Gasteiger partial charge in [-0.25, -0.2) is 0 Å². The lowest BCUT2D eigenvalue weighted by molar-refractivity contribution is -0.114. The molecule has 6 nitrogen and oxygen atoms in total. The van der Waals surface area contributed by atoms with Crippen molar-refractivity contribution < 1.29 is 14.3 Å². The van der Waals surface area contributed by atoms with Gasteiger partial charge in [-0.1, -0.05) is 59.8 Å². The van der Waals surface area contributed by atoms with E-state index in [9.17, 15) is 9.59 Å². The van der Waals surface area contributed by atoms with Crippen molar-refractivity contribution in [2.24, 2.45) is 0 Å². The third-order valence-corrected chi connectivity index (χ3v) is 8.83. The largest absolute Gasteiger partial charge is 0.497 e. The molecule has 2 aliphatic heterocycles. The lowest BCUT2D eigenvalue weighted by Crippen LogP contribution is -2.48. The number of benzene rings is 4. The Hall–Kier alpha value is -4.20. The average Bonchev–Trinajstić information content (AvgIpc) is 3.03. The van der Waals surface area contributed by atoms with Crippen LogP contribution in [0.4, 0.5) is 11.4 Å². The predicted molar refractivity (Wildman–Crippen MR) is 170 cm³/mol. The summed E-state index contributed by atoms with van der Waals surface area (Å²) < 4.78 is 5.26. The normalized spacial score (nSPS) is 16.0. The molecule has 4 aromatic rings. The van der Waals surface area contributed by atoms with Gasteiger partial charge in [0, 0.05) is 47.3 Å². The molecule has 2 aliphatic rings. The van der Waals surface area contributed by atoms with Crippen molar-refractivity contribution in [3.8, 4) is 5.75 Å². The second kappa shape index (κ2) is 12.3. The first-order valence-electron chi connectivity index (χ1n) is 13.8. The number of thioether (sulfide) groups is 1. The molecule has 0 atom stereocenters. The number of hydrogen-bond acceptors (Lipinski definition) is 5. The van der Waals surface area contributed by atoms with Gasteiger partial charge >= 0.3 is 0 Å². The minimum absolute atomic E-state index is 0.0216. The number of piperazine rings is 1. The van der Waals surface area contributed by atoms with Crippen LogP contribution in [-0.4, -0.2) is 50.0 Å². The molecule has 42 heavy (non-hydrogen) atoms. The van der Waals surface area contributed by atoms with Crippen LogP contribution >= 0.6 is 23.4 Å². The second-order valence-corrected chi connectivity index (χ2v) is 11.7. The van der Waals surface area contributed by atoms with E-state index in [0.717, 1.165) is 46.2 Å². The first kappa shape index (κ1) is 27.9. The number of amides is 2. The Balaban J connectivity index is 1.14. The number of anilines is 2. The molecule has 0 aliphatic carbocycles. The number of rotatable bonds is 6. The summed E-state index contributed by atoms with van der Waals surface area (Å²) in [5, 5.41) is 0.643. The maximum Gasteiger partial charge on any atom is 0.265 e. The molecule has 6 rings (SSSR count). The van der Waals surface area contributed by atoms with E-state index in [1.807, 2.05) is 108 Å². The number of nitrogens with zero attached hydrogens (tertiary/aromatic N) is 3. The SMILES string of the molecule is COc1ccc(N2CCN(C(=O)c3ccc(C=C4Sc5ccccc5N(Cc5cccc(Cl)c5)C4=O)cc3)CC2)cc1. The molecule has 0 bridgehead atoms. The van der Waals surface area contributed by atoms with Crippen molar-refractivity contribution in [2.45, 2.75) is 11.4 Å². The van der Waals surface area contributed by atoms with E-state index in [-0.39, 0.29) is 11.8 Å². The third-order valence-electron chi connectivity index (χ3n) is 7.52. The monoisotopic (exact) mass is 595 g/mol. The highest BCUT2D eigenvalue weighted by Crippen LogP contribution is 2.42. The molecule has 1 fully saturated rings. The van der Waals surface area contributed by atoms with Crippen molar-refractivity contribution in [1.82, 2.24) is 4.90 Å². The summed E-state index contributed by atoms with van der Waals surface area (Å²) >= 11 is 7.68. The average molecular weight is 596 g/mol. The number of ether oxygens (including phenoxy) is 1. The van der Waals surface area contributed by atoms with Crippen molar-refractivity contribution in [3.05, 3.63) is 124 Å². The Morgan fingerprint density at radius 1 is 0.905 bits per heavy atom. The summed E-state index contributed by atoms with van der Waals surface area (Å²) in [6.07, 6.45) is 1.90. The minimum atomic E-state index is -0.0615. The van der Waals surface area contributed by atoms with Crippen LogP contribution in [0.25, 0.3) is 6.08 Å². The van der Waals surface area contributed by atoms with E-state index in [0.29, 0.717) is 35.1 Å². The highest BCUT2D eigenvalue weighted by atomic mass is 35.5. The van der Waals surface area contributed by atoms with Gasteiger partial charge in [-0.15, -0.1) is 0 Å². The number of para-hydroxylation sites is 1. The predicted octanol–water partition coefficient (Wildman–Crippen LogP) is 6.99. The Bertz CT molecular complexity index is 1630. The molecule has 2 amide bonds. The molecule has 0 radical (unpaired) electrons. The van der Waals surface area contributed by atoms with E-state index >= 15 is 0 Å². The van der Waals surface area contributed by atoms with Gasteiger partial charge in [0.1, 0.15) is 5.75 Å². The lowest BCUT2D eigenvalue weighted by Gasteiger charge is -2.36. The highest BCUT2D eigenvalue weighted by molar-refractivity contribution is 8.04. The van der Waals surface area contributed by atoms with Gasteiger partial charge in [0.15, 0.2) is 0 Å². The summed E-state index contributed by atoms with van der Waals surface area (Å²) in [5.74, 6) is 0.791. The maximum absolute atomic E-state index is 13.7. The quantitative estimate of drug-likeness (QED) is 0.225. The Morgan fingerprint density at radius 2 is 1.64 bits per heavy atom. The second-order valence-electron chi connectivity index (χ2n) is 10.2. The van der Waals surface area contributed by atoms with Crippen LogP contribution in [0.3, 0.4) is 0 Å². The maximum atomic E-state index is 13.7. The summed E-state index contributed by atoms with van der Waals surface area (Å²) in [5.41, 5.74) is 4.49. The van der Waals surface area contributed by atoms with Gasteiger partial charge in [-0.05, 0) is 77.9 Å². The molecule has 2 heterocycles. The summed E-state index contributed by atoms with van der Waals surface area (Å²) in [4.78, 5) is 34.5. The topological polar surface area (TPSA) is 53.1 Å². The fraction of sp³-hybridized carbons (Fsp3) is 0.176. The molecule has 0 N–H and O–H groups in total. The van der Waals surface area contributed by atoms with Gasteiger partial charge in [0.25, 0.3) is 11.8 Å². The number of halogens is 1. The van der Waals surface area contributed by atoms with Gasteiger partial charge < -0.3 is 19.4 Å². The molecule has 1 saturated heterocycles. The smallest absolute Gasteiger partial charge is 0.265 e. The number of carbonyl (C=O) groups excluding carboxylic acids is 2. The van der Waals surface area contributed by atoms with E-state index in [1.165, 1.54) is 11.8 Å². The molecule has 8 heteroatoms. The Labute approximate surface area is 255 Å². The van der Waals surface area contributed by atoms with Crippen LogP contribution in [0.5, 0.6) is 5.75 Å². The molecule has 212 valence electrons. The molecule has 0 spiro atoms. The van der Waals surface area contributed by atoms with Gasteiger partial charge in [0.05, 0.1) is 24.2 Å². The number of hydrogen-bond donors (Lipinski definition) is 0. The highest BCUT2D eigenvalue weighted by Gasteiger charge is 2.29. The minimum Gasteiger partial charge on any atom is -0.497 e. The number of methoxy groups -OCH3 is 1. The van der Waals surface area contributed by atoms with E-state index in [1.54, 1.807) is 12.0 Å². The molecular formula is C34H30ClN3O3S. The van der Waals surface area contributed by atoms with Crippen LogP contribution in [0.2, 0.25) is 5.02 Å². The number of carbonyl (C=O) groups is 2. The van der Waals surface area contributed by atoms with Crippen LogP contribution in [0.15, 0.2) is 107 Å². The van der Waals surface area contributed by atoms with Gasteiger partial charge in [-0.2, -0.15) is 0 Å². The van der Waals surface area contributed by atoms with Crippen LogP contribution in [0.1, 0.15) is 21.5 Å². The zero-order chi connectivity index (χ0) is 29.1. The summed E-state index contributed by atoms with van der Waals surface area (Å²) in [6, 6.07) is 31.0. The van der Waals surface area contributed by atoms with Crippen LogP contribution < -0.4 is 14.5 Å². The zero-order valence-corrected chi connectivity index (χ0v) is 24.8. The Kier molecular flexibility index (Phi) is 8.22. The van der Waals surface area contributed by atoms with Crippen LogP contribution in [-0.2, 0) is 11.3 Å². The molecule has 0 unspecified atom stereocenters. The van der Waals surface area contributed by atoms with Crippen molar-refractivity contribution in [2.75, 3.05) is 43.1 Å². The third kappa shape index (κ3) is 6.03. The van der Waals surface area contributed by atoms with E-state index in [2.05, 4.69) is 4.90 Å². The van der Waals surface area contributed by atoms with Crippen molar-refractivity contribution in [1.29, 1.82) is 0 Å². The van der Waals surface area contributed by atoms with Gasteiger partial charge in [-0.3, -0.25) is 9.59 Å². The zero-order valence-electron chi connectivity index (χ0n) is 23.2. The standard InChI is InChI=1S/C34H30ClN3O3S/c1-41-29-15-13-28(14-16-29)36-17-19-37(20-18-36)33(39)26-11-9-24(10-12-26)22-32-34(40)38(23-25-5-4-6-27(35)21-25)30-7-2-3-8-31(30)42-32/h2-16,21-22H,17-20,23H2,1H3. The molecule has 0 aromatic heterocycles. The lowest BCUT2D eigenvalue weighted by atomic mass is 10.1. The van der Waals surface area contributed by atoms with E-state index in [4.69, 9.17) is 16.3 Å². The Morgan fingerprint density at radius 3 is 2.36 bits per heavy atom. The van der Waals surface area contributed by atoms with Gasteiger partial charge in [0.2, 0.25) is 0 Å². The first-order valence-corrected chi connectivity index (χ1v) is 15.0. The molecular weight excluding hydrogens is 566 g/mol. The number of fused-ring (bicyclic) bond motifs is 1.